The molecule has 1 unspecified atom stereocenters. The van der Waals surface area contributed by atoms with E-state index in [1.165, 1.54) is 18.2 Å². The van der Waals surface area contributed by atoms with Crippen LogP contribution >= 0.6 is 0 Å². The van der Waals surface area contributed by atoms with Gasteiger partial charge in [-0.1, -0.05) is 30.3 Å². The zero-order valence-electron chi connectivity index (χ0n) is 11.6. The lowest BCUT2D eigenvalue weighted by Crippen LogP contribution is -2.28. The summed E-state index contributed by atoms with van der Waals surface area (Å²) in [6.45, 7) is 1.79. The van der Waals surface area contributed by atoms with E-state index < -0.39 is 21.9 Å². The molecule has 112 valence electrons. The lowest BCUT2D eigenvalue weighted by molar-refractivity contribution is 0.563. The molecule has 4 nitrogen and oxygen atoms in total. The molecule has 0 aliphatic carbocycles. The van der Waals surface area contributed by atoms with Crippen molar-refractivity contribution in [2.75, 3.05) is 0 Å². The number of rotatable bonds is 5. The lowest BCUT2D eigenvalue weighted by Gasteiger charge is -2.16. The maximum absolute atomic E-state index is 13.2. The van der Waals surface area contributed by atoms with Crippen LogP contribution in [0.25, 0.3) is 0 Å². The second-order valence-electron chi connectivity index (χ2n) is 4.71. The van der Waals surface area contributed by atoms with Crippen molar-refractivity contribution in [3.8, 4) is 0 Å². The van der Waals surface area contributed by atoms with Crippen molar-refractivity contribution in [1.29, 1.82) is 0 Å². The van der Waals surface area contributed by atoms with E-state index in [9.17, 15) is 12.8 Å². The first-order valence-electron chi connectivity index (χ1n) is 6.50. The van der Waals surface area contributed by atoms with E-state index in [2.05, 4.69) is 4.72 Å². The zero-order valence-corrected chi connectivity index (χ0v) is 12.4. The Labute approximate surface area is 123 Å². The number of hydrogen-bond donors (Lipinski definition) is 2. The Morgan fingerprint density at radius 1 is 1.19 bits per heavy atom. The molecular weight excluding hydrogens is 291 g/mol. The molecule has 2 aromatic carbocycles. The van der Waals surface area contributed by atoms with Crippen molar-refractivity contribution in [2.24, 2.45) is 5.73 Å². The minimum atomic E-state index is -3.72. The Balaban J connectivity index is 2.29. The Kier molecular flexibility index (Phi) is 4.72. The summed E-state index contributed by atoms with van der Waals surface area (Å²) in [6.07, 6.45) is 0. The van der Waals surface area contributed by atoms with Crippen molar-refractivity contribution >= 4 is 10.0 Å². The van der Waals surface area contributed by atoms with E-state index >= 15 is 0 Å². The second-order valence-corrected chi connectivity index (χ2v) is 6.39. The first-order valence-corrected chi connectivity index (χ1v) is 7.98. The van der Waals surface area contributed by atoms with Gasteiger partial charge in [0.25, 0.3) is 0 Å². The molecule has 2 rings (SSSR count). The number of nitrogens with two attached hydrogens (primary N) is 1. The molecule has 6 heteroatoms. The summed E-state index contributed by atoms with van der Waals surface area (Å²) in [6, 6.07) is 11.8. The van der Waals surface area contributed by atoms with Crippen molar-refractivity contribution in [2.45, 2.75) is 24.4 Å². The summed E-state index contributed by atoms with van der Waals surface area (Å²) in [7, 11) is -3.72. The molecule has 0 aromatic heterocycles. The van der Waals surface area contributed by atoms with Crippen molar-refractivity contribution in [3.05, 3.63) is 65.5 Å². The Morgan fingerprint density at radius 2 is 1.90 bits per heavy atom. The van der Waals surface area contributed by atoms with E-state index in [1.807, 2.05) is 0 Å². The average Bonchev–Trinajstić information content (AvgIpc) is 2.46. The fourth-order valence-corrected chi connectivity index (χ4v) is 3.56. The maximum atomic E-state index is 13.2. The number of sulfonamides is 1. The summed E-state index contributed by atoms with van der Waals surface area (Å²) in [4.78, 5) is 0.149. The third-order valence-corrected chi connectivity index (χ3v) is 4.80. The van der Waals surface area contributed by atoms with Crippen LogP contribution in [0.2, 0.25) is 0 Å². The molecule has 3 N–H and O–H groups in total. The minimum absolute atomic E-state index is 0.130. The number of halogens is 1. The van der Waals surface area contributed by atoms with Crippen molar-refractivity contribution < 1.29 is 12.8 Å². The Morgan fingerprint density at radius 3 is 2.57 bits per heavy atom. The van der Waals surface area contributed by atoms with Crippen LogP contribution in [0.5, 0.6) is 0 Å². The molecule has 2 aromatic rings. The van der Waals surface area contributed by atoms with Gasteiger partial charge in [-0.25, -0.2) is 17.5 Å². The number of hydrogen-bond acceptors (Lipinski definition) is 3. The van der Waals surface area contributed by atoms with Gasteiger partial charge in [0, 0.05) is 12.6 Å². The molecular formula is C15H17FN2O2S. The Bertz CT molecular complexity index is 732. The van der Waals surface area contributed by atoms with Gasteiger partial charge >= 0.3 is 0 Å². The number of nitrogens with one attached hydrogen (secondary N) is 1. The summed E-state index contributed by atoms with van der Waals surface area (Å²) < 4.78 is 40.6. The van der Waals surface area contributed by atoms with Crippen molar-refractivity contribution in [1.82, 2.24) is 4.72 Å². The van der Waals surface area contributed by atoms with Gasteiger partial charge in [0.1, 0.15) is 5.82 Å². The highest BCUT2D eigenvalue weighted by Gasteiger charge is 2.20. The van der Waals surface area contributed by atoms with E-state index in [0.29, 0.717) is 11.1 Å². The van der Waals surface area contributed by atoms with Gasteiger partial charge in [-0.2, -0.15) is 0 Å². The first-order chi connectivity index (χ1) is 9.94. The van der Waals surface area contributed by atoms with Crippen LogP contribution < -0.4 is 10.5 Å². The summed E-state index contributed by atoms with van der Waals surface area (Å²) in [5.74, 6) is -0.402. The van der Waals surface area contributed by atoms with Gasteiger partial charge in [0.05, 0.1) is 4.90 Å². The summed E-state index contributed by atoms with van der Waals surface area (Å²) in [5.41, 5.74) is 6.66. The maximum Gasteiger partial charge on any atom is 0.241 e. The highest BCUT2D eigenvalue weighted by molar-refractivity contribution is 7.89. The van der Waals surface area contributed by atoms with Gasteiger partial charge < -0.3 is 5.73 Å². The Hall–Kier alpha value is -1.76. The van der Waals surface area contributed by atoms with Crippen LogP contribution in [-0.4, -0.2) is 8.42 Å². The molecule has 1 atom stereocenters. The van der Waals surface area contributed by atoms with Crippen LogP contribution in [0.3, 0.4) is 0 Å². The fourth-order valence-electron chi connectivity index (χ4n) is 2.07. The van der Waals surface area contributed by atoms with Crippen LogP contribution in [0.4, 0.5) is 4.39 Å². The van der Waals surface area contributed by atoms with Crippen LogP contribution in [0, 0.1) is 5.82 Å². The quantitative estimate of drug-likeness (QED) is 0.890. The smallest absolute Gasteiger partial charge is 0.241 e. The second kappa shape index (κ2) is 6.34. The molecule has 0 saturated carbocycles. The monoisotopic (exact) mass is 308 g/mol. The van der Waals surface area contributed by atoms with Crippen LogP contribution in [0.1, 0.15) is 24.1 Å². The SMILES string of the molecule is CC(NS(=O)(=O)c1ccccc1CN)c1cccc(F)c1. The standard InChI is InChI=1S/C15H17FN2O2S/c1-11(12-6-4-7-14(16)9-12)18-21(19,20)15-8-3-2-5-13(15)10-17/h2-9,11,18H,10,17H2,1H3. The van der Waals surface area contributed by atoms with E-state index in [4.69, 9.17) is 5.73 Å². The molecule has 0 saturated heterocycles. The van der Waals surface area contributed by atoms with Crippen LogP contribution in [-0.2, 0) is 16.6 Å². The van der Waals surface area contributed by atoms with E-state index in [0.717, 1.165) is 0 Å². The molecule has 0 amide bonds. The zero-order chi connectivity index (χ0) is 15.5. The highest BCUT2D eigenvalue weighted by atomic mass is 32.2. The van der Waals surface area contributed by atoms with Gasteiger partial charge in [0.15, 0.2) is 0 Å². The highest BCUT2D eigenvalue weighted by Crippen LogP contribution is 2.20. The average molecular weight is 308 g/mol. The lowest BCUT2D eigenvalue weighted by atomic mass is 10.1. The summed E-state index contributed by atoms with van der Waals surface area (Å²) in [5, 5.41) is 0. The van der Waals surface area contributed by atoms with Gasteiger partial charge in [0.2, 0.25) is 10.0 Å². The van der Waals surface area contributed by atoms with Gasteiger partial charge in [-0.05, 0) is 36.2 Å². The molecule has 0 aliphatic rings. The number of benzene rings is 2. The third-order valence-electron chi connectivity index (χ3n) is 3.16. The predicted molar refractivity (Wildman–Crippen MR) is 79.5 cm³/mol. The van der Waals surface area contributed by atoms with E-state index in [1.54, 1.807) is 37.3 Å². The molecule has 0 radical (unpaired) electrons. The summed E-state index contributed by atoms with van der Waals surface area (Å²) >= 11 is 0. The van der Waals surface area contributed by atoms with Crippen LogP contribution in [0.15, 0.2) is 53.4 Å². The fraction of sp³-hybridized carbons (Fsp3) is 0.200. The minimum Gasteiger partial charge on any atom is -0.326 e. The van der Waals surface area contributed by atoms with Gasteiger partial charge in [-0.3, -0.25) is 0 Å². The molecule has 0 spiro atoms. The molecule has 0 aliphatic heterocycles. The first kappa shape index (κ1) is 15.6. The van der Waals surface area contributed by atoms with Gasteiger partial charge in [-0.15, -0.1) is 0 Å². The third kappa shape index (κ3) is 3.66. The molecule has 21 heavy (non-hydrogen) atoms. The molecule has 0 fully saturated rings. The van der Waals surface area contributed by atoms with E-state index in [-0.39, 0.29) is 11.4 Å². The predicted octanol–water partition coefficient (Wildman–Crippen LogP) is 2.32. The molecule has 0 heterocycles. The topological polar surface area (TPSA) is 72.2 Å². The van der Waals surface area contributed by atoms with Crippen molar-refractivity contribution in [3.63, 3.8) is 0 Å². The molecule has 0 bridgehead atoms. The normalized spacial score (nSPS) is 13.1. The largest absolute Gasteiger partial charge is 0.326 e.